The lowest BCUT2D eigenvalue weighted by Crippen LogP contribution is -2.50. The van der Waals surface area contributed by atoms with Crippen LogP contribution in [0.3, 0.4) is 0 Å². The summed E-state index contributed by atoms with van der Waals surface area (Å²) < 4.78 is 12.1. The third kappa shape index (κ3) is 8.68. The summed E-state index contributed by atoms with van der Waals surface area (Å²) in [4.78, 5) is 37.9. The number of hydrogen-bond acceptors (Lipinski definition) is 8. The van der Waals surface area contributed by atoms with E-state index in [1.807, 2.05) is 30.3 Å². The molecule has 2 saturated carbocycles. The molecular weight excluding hydrogens is 516 g/mol. The summed E-state index contributed by atoms with van der Waals surface area (Å²) in [6.07, 6.45) is 3.79. The van der Waals surface area contributed by atoms with Crippen molar-refractivity contribution in [2.45, 2.75) is 64.1 Å². The molecule has 0 saturated heterocycles. The van der Waals surface area contributed by atoms with Gasteiger partial charge in [0.15, 0.2) is 0 Å². The summed E-state index contributed by atoms with van der Waals surface area (Å²) in [5.74, 6) is 0.0743. The predicted octanol–water partition coefficient (Wildman–Crippen LogP) is 2.35. The SMILES string of the molecule is CC(C)(N)C(=O)NC(COCc1ccccc1)c1nn(C(=O)NCC2CC2)c(O)c1CCOC(=O)NCC1CC1. The zero-order chi connectivity index (χ0) is 28.7. The summed E-state index contributed by atoms with van der Waals surface area (Å²) in [5.41, 5.74) is 6.26. The van der Waals surface area contributed by atoms with Crippen molar-refractivity contribution in [1.29, 1.82) is 0 Å². The largest absolute Gasteiger partial charge is 0.493 e. The summed E-state index contributed by atoms with van der Waals surface area (Å²) in [5, 5.41) is 23.8. The van der Waals surface area contributed by atoms with Gasteiger partial charge in [0.1, 0.15) is 0 Å². The molecule has 1 heterocycles. The van der Waals surface area contributed by atoms with Crippen LogP contribution in [0.1, 0.15) is 62.4 Å². The molecule has 0 bridgehead atoms. The van der Waals surface area contributed by atoms with Gasteiger partial charge in [-0.3, -0.25) is 4.79 Å². The molecule has 3 amide bonds. The molecule has 40 heavy (non-hydrogen) atoms. The average molecular weight is 557 g/mol. The third-order valence-corrected chi connectivity index (χ3v) is 6.85. The molecule has 1 unspecified atom stereocenters. The molecule has 1 aromatic heterocycles. The van der Waals surface area contributed by atoms with E-state index in [1.54, 1.807) is 13.8 Å². The van der Waals surface area contributed by atoms with Crippen molar-refractivity contribution in [3.63, 3.8) is 0 Å². The van der Waals surface area contributed by atoms with E-state index in [4.69, 9.17) is 15.2 Å². The van der Waals surface area contributed by atoms with Gasteiger partial charge in [0, 0.05) is 25.1 Å². The Labute approximate surface area is 234 Å². The number of benzene rings is 1. The molecule has 2 fully saturated rings. The Hall–Kier alpha value is -3.64. The van der Waals surface area contributed by atoms with Crippen LogP contribution in [0.2, 0.25) is 0 Å². The fourth-order valence-electron chi connectivity index (χ4n) is 4.00. The van der Waals surface area contributed by atoms with E-state index in [2.05, 4.69) is 21.0 Å². The van der Waals surface area contributed by atoms with E-state index in [1.165, 1.54) is 0 Å². The lowest BCUT2D eigenvalue weighted by atomic mass is 10.0. The second kappa shape index (κ2) is 13.1. The van der Waals surface area contributed by atoms with E-state index in [9.17, 15) is 19.5 Å². The van der Waals surface area contributed by atoms with Crippen molar-refractivity contribution >= 4 is 18.0 Å². The fourth-order valence-corrected chi connectivity index (χ4v) is 4.00. The molecule has 2 aliphatic carbocycles. The molecule has 2 aliphatic rings. The number of carbonyl (C=O) groups excluding carboxylic acids is 3. The van der Waals surface area contributed by atoms with Crippen LogP contribution in [-0.4, -0.2) is 64.8 Å². The zero-order valence-corrected chi connectivity index (χ0v) is 23.2. The monoisotopic (exact) mass is 556 g/mol. The summed E-state index contributed by atoms with van der Waals surface area (Å²) in [6.45, 7) is 4.38. The van der Waals surface area contributed by atoms with Crippen LogP contribution in [0.4, 0.5) is 9.59 Å². The number of nitrogens with two attached hydrogens (primary N) is 1. The molecule has 218 valence electrons. The molecule has 0 aliphatic heterocycles. The first-order valence-corrected chi connectivity index (χ1v) is 13.8. The fraction of sp³-hybridized carbons (Fsp3) is 0.571. The van der Waals surface area contributed by atoms with Crippen LogP contribution >= 0.6 is 0 Å². The van der Waals surface area contributed by atoms with Crippen molar-refractivity contribution in [2.75, 3.05) is 26.3 Å². The highest BCUT2D eigenvalue weighted by molar-refractivity contribution is 5.85. The maximum Gasteiger partial charge on any atom is 0.407 e. The van der Waals surface area contributed by atoms with Crippen LogP contribution in [0.15, 0.2) is 30.3 Å². The number of hydrogen-bond donors (Lipinski definition) is 5. The molecule has 6 N–H and O–H groups in total. The molecule has 1 aromatic carbocycles. The number of nitrogens with zero attached hydrogens (tertiary/aromatic N) is 2. The van der Waals surface area contributed by atoms with Gasteiger partial charge in [-0.05, 0) is 56.9 Å². The molecule has 12 heteroatoms. The van der Waals surface area contributed by atoms with Gasteiger partial charge in [-0.1, -0.05) is 30.3 Å². The maximum atomic E-state index is 12.9. The first kappa shape index (κ1) is 29.3. The summed E-state index contributed by atoms with van der Waals surface area (Å²) >= 11 is 0. The normalized spacial score (nSPS) is 15.8. The van der Waals surface area contributed by atoms with Gasteiger partial charge in [-0.2, -0.15) is 5.10 Å². The van der Waals surface area contributed by atoms with Gasteiger partial charge >= 0.3 is 12.1 Å². The van der Waals surface area contributed by atoms with Crippen LogP contribution in [0.25, 0.3) is 0 Å². The molecule has 0 radical (unpaired) electrons. The topological polar surface area (TPSA) is 170 Å². The minimum Gasteiger partial charge on any atom is -0.493 e. The van der Waals surface area contributed by atoms with Gasteiger partial charge in [-0.15, -0.1) is 4.68 Å². The first-order chi connectivity index (χ1) is 19.1. The van der Waals surface area contributed by atoms with Gasteiger partial charge < -0.3 is 36.3 Å². The standard InChI is InChI=1S/C28H40N6O6/c1-28(2,29)25(36)32-22(17-39-16-20-6-4-3-5-7-20)23-21(12-13-40-27(38)31-15-19-10-11-19)24(35)34(33-23)26(37)30-14-18-8-9-18/h3-7,18-19,22,35H,8-17,29H2,1-2H3,(H,30,37)(H,31,38)(H,32,36). The maximum absolute atomic E-state index is 12.9. The number of alkyl carbamates (subject to hydrolysis) is 1. The van der Waals surface area contributed by atoms with E-state index >= 15 is 0 Å². The predicted molar refractivity (Wildman–Crippen MR) is 146 cm³/mol. The van der Waals surface area contributed by atoms with Crippen molar-refractivity contribution in [3.8, 4) is 5.88 Å². The van der Waals surface area contributed by atoms with Gasteiger partial charge in [0.05, 0.1) is 37.1 Å². The second-order valence-electron chi connectivity index (χ2n) is 11.2. The van der Waals surface area contributed by atoms with Crippen LogP contribution < -0.4 is 21.7 Å². The lowest BCUT2D eigenvalue weighted by Gasteiger charge is -2.24. The van der Waals surface area contributed by atoms with Crippen molar-refractivity contribution < 1.29 is 29.0 Å². The number of amides is 3. The van der Waals surface area contributed by atoms with Crippen LogP contribution in [-0.2, 0) is 27.3 Å². The number of nitrogens with one attached hydrogen (secondary N) is 3. The minimum atomic E-state index is -1.20. The highest BCUT2D eigenvalue weighted by atomic mass is 16.5. The van der Waals surface area contributed by atoms with Gasteiger partial charge in [0.2, 0.25) is 11.8 Å². The highest BCUT2D eigenvalue weighted by Gasteiger charge is 2.32. The van der Waals surface area contributed by atoms with Crippen molar-refractivity contribution in [1.82, 2.24) is 25.7 Å². The lowest BCUT2D eigenvalue weighted by molar-refractivity contribution is -0.126. The Morgan fingerprint density at radius 2 is 1.75 bits per heavy atom. The molecule has 0 spiro atoms. The molecular formula is C28H40N6O6. The second-order valence-corrected chi connectivity index (χ2v) is 11.2. The average Bonchev–Trinajstić information content (AvgIpc) is 3.85. The third-order valence-electron chi connectivity index (χ3n) is 6.85. The Kier molecular flexibility index (Phi) is 9.64. The van der Waals surface area contributed by atoms with E-state index in [0.717, 1.165) is 35.9 Å². The number of aromatic hydroxyl groups is 1. The Morgan fingerprint density at radius 3 is 2.38 bits per heavy atom. The summed E-state index contributed by atoms with van der Waals surface area (Å²) in [6, 6.07) is 8.09. The first-order valence-electron chi connectivity index (χ1n) is 13.8. The smallest absolute Gasteiger partial charge is 0.407 e. The molecule has 12 nitrogen and oxygen atoms in total. The summed E-state index contributed by atoms with van der Waals surface area (Å²) in [7, 11) is 0. The molecule has 2 aromatic rings. The number of aromatic nitrogens is 2. The zero-order valence-electron chi connectivity index (χ0n) is 23.2. The molecule has 4 rings (SSSR count). The Bertz CT molecular complexity index is 1170. The van der Waals surface area contributed by atoms with Crippen molar-refractivity contribution in [3.05, 3.63) is 47.2 Å². The molecule has 1 atom stereocenters. The van der Waals surface area contributed by atoms with Crippen LogP contribution in [0, 0.1) is 11.8 Å². The van der Waals surface area contributed by atoms with E-state index in [0.29, 0.717) is 24.9 Å². The van der Waals surface area contributed by atoms with Gasteiger partial charge in [0.25, 0.3) is 0 Å². The highest BCUT2D eigenvalue weighted by Crippen LogP contribution is 2.30. The number of carbonyl (C=O) groups is 3. The van der Waals surface area contributed by atoms with E-state index in [-0.39, 0.29) is 43.4 Å². The number of ether oxygens (including phenoxy) is 2. The van der Waals surface area contributed by atoms with Crippen molar-refractivity contribution in [2.24, 2.45) is 17.6 Å². The Morgan fingerprint density at radius 1 is 1.10 bits per heavy atom. The van der Waals surface area contributed by atoms with Crippen LogP contribution in [0.5, 0.6) is 5.88 Å². The Balaban J connectivity index is 1.53. The number of rotatable bonds is 14. The quantitative estimate of drug-likeness (QED) is 0.236. The minimum absolute atomic E-state index is 0.00735. The van der Waals surface area contributed by atoms with E-state index < -0.39 is 29.6 Å². The van der Waals surface area contributed by atoms with Gasteiger partial charge in [-0.25, -0.2) is 9.59 Å².